The van der Waals surface area contributed by atoms with Crippen molar-refractivity contribution < 1.29 is 9.47 Å². The van der Waals surface area contributed by atoms with Crippen LogP contribution in [-0.4, -0.2) is 7.11 Å². The predicted molar refractivity (Wildman–Crippen MR) is 131 cm³/mol. The SMILES string of the molecule is COc1c[c]cc(OCc2ccccc2)c1CC(c1ccc(C)cc1)c1ccc(C)cc1. The molecule has 4 aromatic carbocycles. The van der Waals surface area contributed by atoms with E-state index in [9.17, 15) is 0 Å². The first-order valence-electron chi connectivity index (χ1n) is 11.0. The quantitative estimate of drug-likeness (QED) is 0.303. The van der Waals surface area contributed by atoms with Crippen molar-refractivity contribution in [2.75, 3.05) is 7.11 Å². The van der Waals surface area contributed by atoms with Crippen LogP contribution in [0.25, 0.3) is 0 Å². The number of benzene rings is 4. The Morgan fingerprint density at radius 1 is 0.719 bits per heavy atom. The largest absolute Gasteiger partial charge is 0.496 e. The van der Waals surface area contributed by atoms with Crippen molar-refractivity contribution in [3.8, 4) is 11.5 Å². The maximum Gasteiger partial charge on any atom is 0.127 e. The Labute approximate surface area is 191 Å². The van der Waals surface area contributed by atoms with E-state index in [0.717, 1.165) is 29.0 Å². The van der Waals surface area contributed by atoms with Crippen molar-refractivity contribution in [3.05, 3.63) is 130 Å². The normalized spacial score (nSPS) is 10.9. The van der Waals surface area contributed by atoms with Crippen LogP contribution in [0.15, 0.2) is 91.0 Å². The molecule has 0 fully saturated rings. The highest BCUT2D eigenvalue weighted by atomic mass is 16.5. The Hall–Kier alpha value is -3.52. The second-order valence-corrected chi connectivity index (χ2v) is 8.22. The van der Waals surface area contributed by atoms with Crippen molar-refractivity contribution in [1.29, 1.82) is 0 Å². The lowest BCUT2D eigenvalue weighted by atomic mass is 9.85. The molecular formula is C30H29O2. The van der Waals surface area contributed by atoms with E-state index in [2.05, 4.69) is 80.6 Å². The van der Waals surface area contributed by atoms with Crippen LogP contribution in [0.3, 0.4) is 0 Å². The fourth-order valence-electron chi connectivity index (χ4n) is 3.97. The van der Waals surface area contributed by atoms with Gasteiger partial charge in [-0.1, -0.05) is 90.0 Å². The molecule has 0 saturated heterocycles. The standard InChI is InChI=1S/C30H29O2/c1-22-12-16-25(17-13-22)27(26-18-14-23(2)15-19-26)20-28-29(31-3)10-7-11-30(28)32-21-24-8-5-4-6-9-24/h4-6,8-19,27H,20-21H2,1-3H3. The van der Waals surface area contributed by atoms with Gasteiger partial charge in [-0.25, -0.2) is 0 Å². The number of methoxy groups -OCH3 is 1. The lowest BCUT2D eigenvalue weighted by Crippen LogP contribution is -2.09. The molecule has 32 heavy (non-hydrogen) atoms. The second-order valence-electron chi connectivity index (χ2n) is 8.22. The van der Waals surface area contributed by atoms with Crippen LogP contribution in [0, 0.1) is 19.9 Å². The van der Waals surface area contributed by atoms with E-state index in [1.54, 1.807) is 7.11 Å². The van der Waals surface area contributed by atoms with Crippen LogP contribution < -0.4 is 9.47 Å². The zero-order valence-corrected chi connectivity index (χ0v) is 19.0. The fraction of sp³-hybridized carbons (Fsp3) is 0.200. The lowest BCUT2D eigenvalue weighted by Gasteiger charge is -2.22. The summed E-state index contributed by atoms with van der Waals surface area (Å²) in [5.74, 6) is 1.81. The molecule has 0 aliphatic carbocycles. The van der Waals surface area contributed by atoms with Crippen LogP contribution in [-0.2, 0) is 13.0 Å². The first kappa shape index (κ1) is 21.7. The molecule has 0 unspecified atom stereocenters. The Kier molecular flexibility index (Phi) is 6.91. The first-order valence-corrected chi connectivity index (χ1v) is 11.0. The van der Waals surface area contributed by atoms with Crippen LogP contribution in [0.1, 0.15) is 39.3 Å². The smallest absolute Gasteiger partial charge is 0.127 e. The molecule has 0 spiro atoms. The topological polar surface area (TPSA) is 18.5 Å². The van der Waals surface area contributed by atoms with E-state index < -0.39 is 0 Å². The minimum absolute atomic E-state index is 0.187. The zero-order chi connectivity index (χ0) is 22.3. The van der Waals surface area contributed by atoms with Gasteiger partial charge in [-0.05, 0) is 55.2 Å². The van der Waals surface area contributed by atoms with Crippen LogP contribution in [0.4, 0.5) is 0 Å². The number of hydrogen-bond acceptors (Lipinski definition) is 2. The molecule has 1 radical (unpaired) electrons. The van der Waals surface area contributed by atoms with E-state index in [-0.39, 0.29) is 5.92 Å². The van der Waals surface area contributed by atoms with Crippen LogP contribution >= 0.6 is 0 Å². The monoisotopic (exact) mass is 421 g/mol. The Morgan fingerprint density at radius 3 is 1.84 bits per heavy atom. The van der Waals surface area contributed by atoms with E-state index in [1.807, 2.05) is 30.3 Å². The third kappa shape index (κ3) is 5.20. The lowest BCUT2D eigenvalue weighted by molar-refractivity contribution is 0.299. The highest BCUT2D eigenvalue weighted by Gasteiger charge is 2.20. The van der Waals surface area contributed by atoms with Gasteiger partial charge in [0.25, 0.3) is 0 Å². The van der Waals surface area contributed by atoms with Crippen molar-refractivity contribution in [2.45, 2.75) is 32.8 Å². The van der Waals surface area contributed by atoms with Gasteiger partial charge in [-0.15, -0.1) is 0 Å². The third-order valence-corrected chi connectivity index (χ3v) is 5.85. The van der Waals surface area contributed by atoms with Gasteiger partial charge in [-0.2, -0.15) is 0 Å². The molecule has 0 atom stereocenters. The molecule has 0 saturated carbocycles. The van der Waals surface area contributed by atoms with Gasteiger partial charge in [0.2, 0.25) is 0 Å². The maximum absolute atomic E-state index is 6.27. The average molecular weight is 422 g/mol. The predicted octanol–water partition coefficient (Wildman–Crippen LogP) is 7.07. The maximum atomic E-state index is 6.27. The summed E-state index contributed by atoms with van der Waals surface area (Å²) in [6.07, 6.45) is 0.772. The van der Waals surface area contributed by atoms with Crippen molar-refractivity contribution in [1.82, 2.24) is 0 Å². The first-order chi connectivity index (χ1) is 15.6. The molecule has 0 aliphatic rings. The Balaban J connectivity index is 1.70. The Morgan fingerprint density at radius 2 is 1.28 bits per heavy atom. The molecule has 2 nitrogen and oxygen atoms in total. The third-order valence-electron chi connectivity index (χ3n) is 5.85. The summed E-state index contributed by atoms with van der Waals surface area (Å²) in [6, 6.07) is 34.8. The van der Waals surface area contributed by atoms with Crippen molar-refractivity contribution >= 4 is 0 Å². The van der Waals surface area contributed by atoms with Crippen LogP contribution in [0.5, 0.6) is 11.5 Å². The van der Waals surface area contributed by atoms with Gasteiger partial charge in [0.1, 0.15) is 18.1 Å². The van der Waals surface area contributed by atoms with E-state index >= 15 is 0 Å². The number of aryl methyl sites for hydroxylation is 2. The number of rotatable bonds is 8. The minimum atomic E-state index is 0.187. The summed E-state index contributed by atoms with van der Waals surface area (Å²) in [5, 5.41) is 0. The summed E-state index contributed by atoms with van der Waals surface area (Å²) in [4.78, 5) is 0. The highest BCUT2D eigenvalue weighted by molar-refractivity contribution is 5.48. The van der Waals surface area contributed by atoms with Gasteiger partial charge < -0.3 is 9.47 Å². The van der Waals surface area contributed by atoms with E-state index in [1.165, 1.54) is 22.3 Å². The molecule has 0 amide bonds. The summed E-state index contributed by atoms with van der Waals surface area (Å²) >= 11 is 0. The van der Waals surface area contributed by atoms with Gasteiger partial charge in [-0.3, -0.25) is 0 Å². The zero-order valence-electron chi connectivity index (χ0n) is 19.0. The van der Waals surface area contributed by atoms with Crippen LogP contribution in [0.2, 0.25) is 0 Å². The average Bonchev–Trinajstić information content (AvgIpc) is 2.83. The molecule has 2 heteroatoms. The molecule has 0 heterocycles. The minimum Gasteiger partial charge on any atom is -0.496 e. The summed E-state index contributed by atoms with van der Waals surface area (Å²) in [5.41, 5.74) is 7.28. The number of ether oxygens (including phenoxy) is 2. The van der Waals surface area contributed by atoms with E-state index in [0.29, 0.717) is 6.61 Å². The molecule has 0 N–H and O–H groups in total. The second kappa shape index (κ2) is 10.2. The number of hydrogen-bond donors (Lipinski definition) is 0. The van der Waals surface area contributed by atoms with Gasteiger partial charge in [0.05, 0.1) is 7.11 Å². The summed E-state index contributed by atoms with van der Waals surface area (Å²) < 4.78 is 12.0. The highest BCUT2D eigenvalue weighted by Crippen LogP contribution is 2.37. The van der Waals surface area contributed by atoms with Gasteiger partial charge >= 0.3 is 0 Å². The summed E-state index contributed by atoms with van der Waals surface area (Å²) in [7, 11) is 1.71. The molecule has 161 valence electrons. The molecular weight excluding hydrogens is 392 g/mol. The molecule has 4 aromatic rings. The van der Waals surface area contributed by atoms with Gasteiger partial charge in [0, 0.05) is 11.5 Å². The van der Waals surface area contributed by atoms with Crippen molar-refractivity contribution in [2.24, 2.45) is 0 Å². The molecule has 4 rings (SSSR count). The van der Waals surface area contributed by atoms with Crippen molar-refractivity contribution in [3.63, 3.8) is 0 Å². The molecule has 0 bridgehead atoms. The fourth-order valence-corrected chi connectivity index (χ4v) is 3.97. The van der Waals surface area contributed by atoms with Gasteiger partial charge in [0.15, 0.2) is 0 Å². The van der Waals surface area contributed by atoms with E-state index in [4.69, 9.17) is 9.47 Å². The summed E-state index contributed by atoms with van der Waals surface area (Å²) in [6.45, 7) is 4.75. The molecule has 0 aromatic heterocycles. The Bertz CT molecular complexity index is 1080. The molecule has 0 aliphatic heterocycles.